The minimum absolute atomic E-state index is 0.0190. The van der Waals surface area contributed by atoms with Crippen LogP contribution in [0.25, 0.3) is 0 Å². The highest BCUT2D eigenvalue weighted by Crippen LogP contribution is 2.12. The van der Waals surface area contributed by atoms with Gasteiger partial charge in [0.25, 0.3) is 0 Å². The van der Waals surface area contributed by atoms with Crippen molar-refractivity contribution < 1.29 is 18.7 Å². The first-order valence-electron chi connectivity index (χ1n) is 4.89. The van der Waals surface area contributed by atoms with Gasteiger partial charge in [-0.3, -0.25) is 0 Å². The number of carboxylic acids is 1. The monoisotopic (exact) mass is 221 g/mol. The van der Waals surface area contributed by atoms with Crippen LogP contribution >= 0.6 is 0 Å². The van der Waals surface area contributed by atoms with Gasteiger partial charge in [-0.1, -0.05) is 0 Å². The van der Waals surface area contributed by atoms with E-state index in [-0.39, 0.29) is 5.69 Å². The lowest BCUT2D eigenvalue weighted by atomic mass is 10.2. The second-order valence-electron chi connectivity index (χ2n) is 3.40. The lowest BCUT2D eigenvalue weighted by Crippen LogP contribution is -1.99. The third-order valence-corrected chi connectivity index (χ3v) is 2.21. The molecule has 2 aromatic rings. The topological polar surface area (TPSA) is 76.5 Å². The SMILES string of the molecule is Cc1oc(CCc2ccco2)nc1C(=O)O. The molecule has 0 fully saturated rings. The Balaban J connectivity index is 2.05. The fraction of sp³-hybridized carbons (Fsp3) is 0.273. The van der Waals surface area contributed by atoms with Gasteiger partial charge in [0.15, 0.2) is 11.6 Å². The van der Waals surface area contributed by atoms with Crippen LogP contribution in [0.5, 0.6) is 0 Å². The average Bonchev–Trinajstić information content (AvgIpc) is 2.83. The molecule has 0 radical (unpaired) electrons. The van der Waals surface area contributed by atoms with Crippen molar-refractivity contribution in [3.63, 3.8) is 0 Å². The first-order valence-corrected chi connectivity index (χ1v) is 4.89. The Kier molecular flexibility index (Phi) is 2.76. The molecular formula is C11H11NO4. The van der Waals surface area contributed by atoms with E-state index in [1.54, 1.807) is 19.3 Å². The fourth-order valence-electron chi connectivity index (χ4n) is 1.44. The lowest BCUT2D eigenvalue weighted by Gasteiger charge is -1.92. The van der Waals surface area contributed by atoms with E-state index < -0.39 is 5.97 Å². The average molecular weight is 221 g/mol. The number of furan rings is 1. The molecule has 0 saturated carbocycles. The molecule has 0 unspecified atom stereocenters. The molecule has 2 rings (SSSR count). The number of hydrogen-bond acceptors (Lipinski definition) is 4. The second-order valence-corrected chi connectivity index (χ2v) is 3.40. The van der Waals surface area contributed by atoms with Gasteiger partial charge in [0.2, 0.25) is 0 Å². The number of carboxylic acid groups (broad SMARTS) is 1. The summed E-state index contributed by atoms with van der Waals surface area (Å²) in [5, 5.41) is 8.79. The molecule has 0 atom stereocenters. The second kappa shape index (κ2) is 4.22. The summed E-state index contributed by atoms with van der Waals surface area (Å²) in [5.74, 6) is 0.520. The zero-order chi connectivity index (χ0) is 11.5. The highest BCUT2D eigenvalue weighted by atomic mass is 16.4. The van der Waals surface area contributed by atoms with Gasteiger partial charge in [-0.05, 0) is 19.1 Å². The lowest BCUT2D eigenvalue weighted by molar-refractivity contribution is 0.0689. The van der Waals surface area contributed by atoms with Gasteiger partial charge in [0, 0.05) is 12.8 Å². The Morgan fingerprint density at radius 3 is 2.88 bits per heavy atom. The molecule has 16 heavy (non-hydrogen) atoms. The molecule has 1 N–H and O–H groups in total. The molecule has 84 valence electrons. The summed E-state index contributed by atoms with van der Waals surface area (Å²) in [6, 6.07) is 3.66. The molecule has 5 nitrogen and oxygen atoms in total. The van der Waals surface area contributed by atoms with Crippen LogP contribution in [0.4, 0.5) is 0 Å². The molecule has 5 heteroatoms. The summed E-state index contributed by atoms with van der Waals surface area (Å²) < 4.78 is 10.4. The zero-order valence-corrected chi connectivity index (χ0v) is 8.77. The van der Waals surface area contributed by atoms with E-state index in [9.17, 15) is 4.79 Å². The van der Waals surface area contributed by atoms with Crippen LogP contribution in [0.1, 0.15) is 27.9 Å². The Morgan fingerprint density at radius 2 is 2.31 bits per heavy atom. The van der Waals surface area contributed by atoms with Crippen LogP contribution in [0, 0.1) is 6.92 Å². The molecule has 0 aliphatic rings. The Morgan fingerprint density at radius 1 is 1.50 bits per heavy atom. The van der Waals surface area contributed by atoms with Crippen molar-refractivity contribution in [2.75, 3.05) is 0 Å². The minimum atomic E-state index is -1.06. The van der Waals surface area contributed by atoms with E-state index in [0.29, 0.717) is 24.5 Å². The Bertz CT molecular complexity index is 484. The maximum atomic E-state index is 10.7. The van der Waals surface area contributed by atoms with E-state index in [4.69, 9.17) is 13.9 Å². The Hall–Kier alpha value is -2.04. The number of nitrogens with zero attached hydrogens (tertiary/aromatic N) is 1. The quantitative estimate of drug-likeness (QED) is 0.855. The predicted octanol–water partition coefficient (Wildman–Crippen LogP) is 2.06. The summed E-state index contributed by atoms with van der Waals surface area (Å²) >= 11 is 0. The molecule has 0 bridgehead atoms. The predicted molar refractivity (Wildman–Crippen MR) is 54.3 cm³/mol. The van der Waals surface area contributed by atoms with Gasteiger partial charge >= 0.3 is 5.97 Å². The van der Waals surface area contributed by atoms with Crippen LogP contribution in [-0.4, -0.2) is 16.1 Å². The van der Waals surface area contributed by atoms with Crippen LogP contribution < -0.4 is 0 Å². The van der Waals surface area contributed by atoms with Gasteiger partial charge in [-0.2, -0.15) is 0 Å². The normalized spacial score (nSPS) is 10.6. The fourth-order valence-corrected chi connectivity index (χ4v) is 1.44. The molecule has 0 aliphatic carbocycles. The number of rotatable bonds is 4. The smallest absolute Gasteiger partial charge is 0.358 e. The number of aromatic carboxylic acids is 1. The van der Waals surface area contributed by atoms with Crippen molar-refractivity contribution in [2.24, 2.45) is 0 Å². The first-order chi connectivity index (χ1) is 7.66. The summed E-state index contributed by atoms with van der Waals surface area (Å²) in [7, 11) is 0. The number of hydrogen-bond donors (Lipinski definition) is 1. The van der Waals surface area contributed by atoms with E-state index in [0.717, 1.165) is 5.76 Å². The van der Waals surface area contributed by atoms with Crippen LogP contribution in [0.2, 0.25) is 0 Å². The van der Waals surface area contributed by atoms with Crippen LogP contribution in [0.3, 0.4) is 0 Å². The van der Waals surface area contributed by atoms with Gasteiger partial charge in [-0.25, -0.2) is 9.78 Å². The largest absolute Gasteiger partial charge is 0.476 e. The van der Waals surface area contributed by atoms with Crippen molar-refractivity contribution in [2.45, 2.75) is 19.8 Å². The molecule has 0 amide bonds. The maximum Gasteiger partial charge on any atom is 0.358 e. The summed E-state index contributed by atoms with van der Waals surface area (Å²) in [5.41, 5.74) is -0.0190. The van der Waals surface area contributed by atoms with Crippen molar-refractivity contribution in [1.82, 2.24) is 4.98 Å². The summed E-state index contributed by atoms with van der Waals surface area (Å²) in [4.78, 5) is 14.6. The molecule has 0 spiro atoms. The van der Waals surface area contributed by atoms with Gasteiger partial charge in [0.1, 0.15) is 11.5 Å². The van der Waals surface area contributed by atoms with Gasteiger partial charge in [-0.15, -0.1) is 0 Å². The Labute approximate surface area is 91.7 Å². The van der Waals surface area contributed by atoms with Gasteiger partial charge in [0.05, 0.1) is 6.26 Å². The molecule has 2 heterocycles. The number of oxazole rings is 1. The molecule has 2 aromatic heterocycles. The third-order valence-electron chi connectivity index (χ3n) is 2.21. The van der Waals surface area contributed by atoms with Crippen molar-refractivity contribution in [3.05, 3.63) is 41.5 Å². The van der Waals surface area contributed by atoms with Crippen LogP contribution in [0.15, 0.2) is 27.2 Å². The van der Waals surface area contributed by atoms with Crippen molar-refractivity contribution >= 4 is 5.97 Å². The highest BCUT2D eigenvalue weighted by molar-refractivity contribution is 5.86. The minimum Gasteiger partial charge on any atom is -0.476 e. The van der Waals surface area contributed by atoms with E-state index in [1.807, 2.05) is 6.07 Å². The van der Waals surface area contributed by atoms with E-state index >= 15 is 0 Å². The van der Waals surface area contributed by atoms with E-state index in [2.05, 4.69) is 4.98 Å². The molecular weight excluding hydrogens is 210 g/mol. The maximum absolute atomic E-state index is 10.7. The molecule has 0 saturated heterocycles. The van der Waals surface area contributed by atoms with E-state index in [1.165, 1.54) is 0 Å². The summed E-state index contributed by atoms with van der Waals surface area (Å²) in [6.45, 7) is 1.59. The third kappa shape index (κ3) is 2.13. The molecule has 0 aromatic carbocycles. The number of carbonyl (C=O) groups is 1. The first kappa shape index (κ1) is 10.5. The number of aromatic nitrogens is 1. The molecule has 0 aliphatic heterocycles. The van der Waals surface area contributed by atoms with Crippen molar-refractivity contribution in [1.29, 1.82) is 0 Å². The zero-order valence-electron chi connectivity index (χ0n) is 8.77. The standard InChI is InChI=1S/C11H11NO4/c1-7-10(11(13)14)12-9(16-7)5-4-8-3-2-6-15-8/h2-3,6H,4-5H2,1H3,(H,13,14). The van der Waals surface area contributed by atoms with Crippen molar-refractivity contribution in [3.8, 4) is 0 Å². The van der Waals surface area contributed by atoms with Crippen LogP contribution in [-0.2, 0) is 12.8 Å². The van der Waals surface area contributed by atoms with Gasteiger partial charge < -0.3 is 13.9 Å². The number of aryl methyl sites for hydroxylation is 3. The summed E-state index contributed by atoms with van der Waals surface area (Å²) in [6.07, 6.45) is 2.77. The highest BCUT2D eigenvalue weighted by Gasteiger charge is 2.15.